The molecule has 0 saturated heterocycles. The summed E-state index contributed by atoms with van der Waals surface area (Å²) in [5.74, 6) is 1.89. The number of hydrogen-bond acceptors (Lipinski definition) is 3. The van der Waals surface area contributed by atoms with Gasteiger partial charge in [0, 0.05) is 26.8 Å². The van der Waals surface area contributed by atoms with Gasteiger partial charge in [-0.3, -0.25) is 0 Å². The van der Waals surface area contributed by atoms with E-state index in [4.69, 9.17) is 9.47 Å². The van der Waals surface area contributed by atoms with Gasteiger partial charge in [-0.2, -0.15) is 0 Å². The minimum Gasteiger partial charge on any atom is -0.496 e. The van der Waals surface area contributed by atoms with Crippen LogP contribution < -0.4 is 41.1 Å². The van der Waals surface area contributed by atoms with Crippen molar-refractivity contribution in [3.8, 4) is 11.5 Å². The molecule has 0 spiro atoms. The lowest BCUT2D eigenvalue weighted by Gasteiger charge is -2.39. The summed E-state index contributed by atoms with van der Waals surface area (Å²) in [5, 5.41) is 8.87. The molecule has 0 atom stereocenters. The highest BCUT2D eigenvalue weighted by Gasteiger charge is 2.38. The standard InChI is InChI=1S/C51H79NO2P2Si2/c1-10-16-36-57(37-17-11-2,38-18-12-3)46-30-26-28-44(42-46)55(45-29-27-31-47(43-45)58(39-19-13-4,40-20-14-5)41-21-15-6)52(7)56(50-34-24-22-32-48(50)53-8)51-35-25-23-33-49(51)54-9/h22-35,42-43H,10-21,36-41H2,1-9H3. The van der Waals surface area contributed by atoms with Crippen molar-refractivity contribution in [2.75, 3.05) is 21.3 Å². The second-order valence-corrected chi connectivity index (χ2v) is 30.8. The Morgan fingerprint density at radius 3 is 1.07 bits per heavy atom. The molecular formula is C51H79NO2P2Si2. The predicted octanol–water partition coefficient (Wildman–Crippen LogP) is 13.1. The summed E-state index contributed by atoms with van der Waals surface area (Å²) in [5.41, 5.74) is 0. The van der Waals surface area contributed by atoms with Gasteiger partial charge in [-0.25, -0.2) is 4.44 Å². The van der Waals surface area contributed by atoms with Gasteiger partial charge < -0.3 is 9.47 Å². The molecule has 4 aromatic carbocycles. The minimum atomic E-state index is -1.75. The highest BCUT2D eigenvalue weighted by atomic mass is 31.2. The summed E-state index contributed by atoms with van der Waals surface area (Å²) in [4.78, 5) is 0. The summed E-state index contributed by atoms with van der Waals surface area (Å²) in [6, 6.07) is 46.4. The van der Waals surface area contributed by atoms with Crippen LogP contribution in [0.4, 0.5) is 0 Å². The Kier molecular flexibility index (Phi) is 21.3. The topological polar surface area (TPSA) is 21.7 Å². The first-order valence-electron chi connectivity index (χ1n) is 23.1. The Bertz CT molecular complexity index is 1600. The van der Waals surface area contributed by atoms with E-state index >= 15 is 0 Å². The SMILES string of the molecule is CCCC[Si](CCCC)(CCCC)c1cccc(P(c2cccc([Si](CCCC)(CCCC)CCCC)c2)N(C)P(c2ccccc2OC)c2ccccc2OC)c1. The summed E-state index contributed by atoms with van der Waals surface area (Å²) in [7, 11) is 0.568. The van der Waals surface area contributed by atoms with Gasteiger partial charge in [0.15, 0.2) is 0 Å². The molecule has 3 nitrogen and oxygen atoms in total. The molecule has 4 rings (SSSR count). The molecule has 0 aliphatic heterocycles. The maximum absolute atomic E-state index is 6.18. The van der Waals surface area contributed by atoms with E-state index in [1.54, 1.807) is 10.4 Å². The van der Waals surface area contributed by atoms with Crippen molar-refractivity contribution in [2.45, 2.75) is 155 Å². The zero-order chi connectivity index (χ0) is 41.8. The first kappa shape index (κ1) is 48.4. The van der Waals surface area contributed by atoms with E-state index in [0.29, 0.717) is 0 Å². The molecule has 0 heterocycles. The average molecular weight is 856 g/mol. The number of para-hydroxylation sites is 2. The molecule has 4 aromatic rings. The van der Waals surface area contributed by atoms with Crippen LogP contribution in [0, 0.1) is 0 Å². The van der Waals surface area contributed by atoms with Crippen LogP contribution in [0.1, 0.15) is 119 Å². The zero-order valence-electron chi connectivity index (χ0n) is 38.1. The molecule has 0 bridgehead atoms. The van der Waals surface area contributed by atoms with E-state index in [1.165, 1.54) is 135 Å². The first-order valence-corrected chi connectivity index (χ1v) is 31.0. The van der Waals surface area contributed by atoms with Gasteiger partial charge in [0.1, 0.15) is 11.5 Å². The smallest absolute Gasteiger partial charge is 0.128 e. The summed E-state index contributed by atoms with van der Waals surface area (Å²) >= 11 is 0. The van der Waals surface area contributed by atoms with E-state index in [0.717, 1.165) is 11.5 Å². The van der Waals surface area contributed by atoms with Gasteiger partial charge in [0.05, 0.1) is 30.4 Å². The average Bonchev–Trinajstić information content (AvgIpc) is 3.27. The Balaban J connectivity index is 2.07. The summed E-state index contributed by atoms with van der Waals surface area (Å²) in [6.45, 7) is 14.3. The lowest BCUT2D eigenvalue weighted by molar-refractivity contribution is 0.417. The van der Waals surface area contributed by atoms with Crippen LogP contribution in [0.5, 0.6) is 11.5 Å². The lowest BCUT2D eigenvalue weighted by Crippen LogP contribution is -2.49. The monoisotopic (exact) mass is 856 g/mol. The third-order valence-corrected chi connectivity index (χ3v) is 29.0. The molecule has 0 saturated carbocycles. The number of methoxy groups -OCH3 is 2. The van der Waals surface area contributed by atoms with Crippen LogP contribution in [0.2, 0.25) is 36.3 Å². The number of hydrogen-bond donors (Lipinski definition) is 0. The Labute approximate surface area is 360 Å². The van der Waals surface area contributed by atoms with Crippen LogP contribution in [0.25, 0.3) is 0 Å². The van der Waals surface area contributed by atoms with Crippen molar-refractivity contribution in [1.82, 2.24) is 4.44 Å². The van der Waals surface area contributed by atoms with Gasteiger partial charge in [-0.05, 0) is 41.9 Å². The number of ether oxygens (including phenoxy) is 2. The van der Waals surface area contributed by atoms with Crippen molar-refractivity contribution < 1.29 is 9.47 Å². The molecule has 0 amide bonds. The second-order valence-electron chi connectivity index (χ2n) is 16.7. The van der Waals surface area contributed by atoms with Crippen molar-refractivity contribution >= 4 is 63.9 Å². The fourth-order valence-corrected chi connectivity index (χ4v) is 26.7. The van der Waals surface area contributed by atoms with Crippen LogP contribution in [-0.4, -0.2) is 41.9 Å². The number of unbranched alkanes of at least 4 members (excludes halogenated alkanes) is 6. The van der Waals surface area contributed by atoms with Crippen LogP contribution >= 0.6 is 16.1 Å². The van der Waals surface area contributed by atoms with Crippen molar-refractivity contribution in [3.63, 3.8) is 0 Å². The predicted molar refractivity (Wildman–Crippen MR) is 268 cm³/mol. The largest absolute Gasteiger partial charge is 0.496 e. The number of benzene rings is 4. The lowest BCUT2D eigenvalue weighted by atomic mass is 10.3. The highest BCUT2D eigenvalue weighted by Crippen LogP contribution is 2.55. The van der Waals surface area contributed by atoms with Gasteiger partial charge in [0.25, 0.3) is 0 Å². The van der Waals surface area contributed by atoms with Gasteiger partial charge in [-0.1, -0.05) is 238 Å². The quantitative estimate of drug-likeness (QED) is 0.0420. The van der Waals surface area contributed by atoms with E-state index in [-0.39, 0.29) is 0 Å². The van der Waals surface area contributed by atoms with Crippen LogP contribution in [0.15, 0.2) is 97.1 Å². The molecule has 0 unspecified atom stereocenters. The van der Waals surface area contributed by atoms with Crippen molar-refractivity contribution in [3.05, 3.63) is 97.1 Å². The molecular weight excluding hydrogens is 777 g/mol. The first-order chi connectivity index (χ1) is 28.3. The Hall–Kier alpha value is -2.27. The second kappa shape index (κ2) is 25.5. The number of rotatable bonds is 28. The van der Waals surface area contributed by atoms with Crippen molar-refractivity contribution in [2.24, 2.45) is 0 Å². The Morgan fingerprint density at radius 2 is 0.759 bits per heavy atom. The molecule has 0 fully saturated rings. The van der Waals surface area contributed by atoms with Crippen molar-refractivity contribution in [1.29, 1.82) is 0 Å². The minimum absolute atomic E-state index is 0.942. The third-order valence-electron chi connectivity index (χ3n) is 12.7. The molecule has 0 radical (unpaired) electrons. The highest BCUT2D eigenvalue weighted by molar-refractivity contribution is 7.84. The number of nitrogens with zero attached hydrogens (tertiary/aromatic N) is 1. The fourth-order valence-electron chi connectivity index (χ4n) is 9.27. The normalized spacial score (nSPS) is 12.2. The van der Waals surface area contributed by atoms with Crippen LogP contribution in [0.3, 0.4) is 0 Å². The Morgan fingerprint density at radius 1 is 0.431 bits per heavy atom. The summed E-state index contributed by atoms with van der Waals surface area (Å²) < 4.78 is 15.1. The molecule has 7 heteroatoms. The fraction of sp³-hybridized carbons (Fsp3) is 0.529. The van der Waals surface area contributed by atoms with E-state index in [1.807, 2.05) is 14.2 Å². The van der Waals surface area contributed by atoms with Gasteiger partial charge in [-0.15, -0.1) is 0 Å². The molecule has 0 aliphatic carbocycles. The molecule has 0 N–H and O–H groups in total. The summed E-state index contributed by atoms with van der Waals surface area (Å²) in [6.07, 6.45) is 15.7. The molecule has 318 valence electrons. The maximum Gasteiger partial charge on any atom is 0.128 e. The molecule has 58 heavy (non-hydrogen) atoms. The molecule has 0 aromatic heterocycles. The van der Waals surface area contributed by atoms with Crippen LogP contribution in [-0.2, 0) is 0 Å². The maximum atomic E-state index is 6.18. The van der Waals surface area contributed by atoms with Gasteiger partial charge >= 0.3 is 0 Å². The van der Waals surface area contributed by atoms with E-state index in [2.05, 4.69) is 150 Å². The zero-order valence-corrected chi connectivity index (χ0v) is 41.9. The molecule has 0 aliphatic rings. The third kappa shape index (κ3) is 12.4. The van der Waals surface area contributed by atoms with Gasteiger partial charge in [0.2, 0.25) is 0 Å². The van der Waals surface area contributed by atoms with E-state index < -0.39 is 32.3 Å². The van der Waals surface area contributed by atoms with E-state index in [9.17, 15) is 0 Å².